The van der Waals surface area contributed by atoms with Crippen molar-refractivity contribution in [3.05, 3.63) is 29.3 Å². The van der Waals surface area contributed by atoms with Gasteiger partial charge in [0.05, 0.1) is 18.7 Å². The van der Waals surface area contributed by atoms with Crippen LogP contribution in [0.1, 0.15) is 22.8 Å². The van der Waals surface area contributed by atoms with E-state index in [0.29, 0.717) is 24.3 Å². The third kappa shape index (κ3) is 1.88. The largest absolute Gasteiger partial charge is 0.398 e. The smallest absolute Gasteiger partial charge is 0.254 e. The highest BCUT2D eigenvalue weighted by Crippen LogP contribution is 2.23. The molecule has 1 heterocycles. The Kier molecular flexibility index (Phi) is 2.39. The van der Waals surface area contributed by atoms with Crippen molar-refractivity contribution < 1.29 is 9.90 Å². The fraction of sp³-hybridized carbons (Fsp3) is 0.417. The van der Waals surface area contributed by atoms with Crippen molar-refractivity contribution in [2.75, 3.05) is 18.8 Å². The van der Waals surface area contributed by atoms with Gasteiger partial charge in [-0.3, -0.25) is 4.79 Å². The second-order valence-corrected chi connectivity index (χ2v) is 4.73. The first-order chi connectivity index (χ1) is 7.39. The SMILES string of the molecule is Cc1ccc(C(=O)N2CC(C)(O)C2)cc1N. The van der Waals surface area contributed by atoms with Gasteiger partial charge < -0.3 is 15.7 Å². The number of carbonyl (C=O) groups is 1. The fourth-order valence-electron chi connectivity index (χ4n) is 1.88. The van der Waals surface area contributed by atoms with Crippen molar-refractivity contribution in [1.82, 2.24) is 4.90 Å². The first-order valence-corrected chi connectivity index (χ1v) is 5.27. The van der Waals surface area contributed by atoms with E-state index in [2.05, 4.69) is 0 Å². The maximum atomic E-state index is 11.9. The molecule has 1 aliphatic heterocycles. The summed E-state index contributed by atoms with van der Waals surface area (Å²) in [5.74, 6) is -0.0711. The maximum absolute atomic E-state index is 11.9. The minimum absolute atomic E-state index is 0.0711. The summed E-state index contributed by atoms with van der Waals surface area (Å²) >= 11 is 0. The quantitative estimate of drug-likeness (QED) is 0.687. The molecule has 1 aliphatic rings. The number of benzene rings is 1. The minimum atomic E-state index is -0.730. The molecule has 0 aliphatic carbocycles. The lowest BCUT2D eigenvalue weighted by Gasteiger charge is -2.44. The summed E-state index contributed by atoms with van der Waals surface area (Å²) in [6.07, 6.45) is 0. The predicted octanol–water partition coefficient (Wildman–Crippen LogP) is 0.784. The summed E-state index contributed by atoms with van der Waals surface area (Å²) in [6.45, 7) is 4.40. The Labute approximate surface area is 94.7 Å². The molecule has 1 aromatic rings. The van der Waals surface area contributed by atoms with Crippen molar-refractivity contribution in [2.45, 2.75) is 19.4 Å². The van der Waals surface area contributed by atoms with Crippen molar-refractivity contribution in [1.29, 1.82) is 0 Å². The zero-order valence-electron chi connectivity index (χ0n) is 9.53. The number of β-amino-alcohol motifs (C(OH)–C–C–N with tert-alkyl or cyclic N) is 1. The van der Waals surface area contributed by atoms with Gasteiger partial charge in [-0.25, -0.2) is 0 Å². The van der Waals surface area contributed by atoms with E-state index in [9.17, 15) is 9.90 Å². The molecular weight excluding hydrogens is 204 g/mol. The normalized spacial score (nSPS) is 18.1. The summed E-state index contributed by atoms with van der Waals surface area (Å²) in [6, 6.07) is 5.28. The summed E-state index contributed by atoms with van der Waals surface area (Å²) in [5.41, 5.74) is 7.19. The van der Waals surface area contributed by atoms with E-state index >= 15 is 0 Å². The van der Waals surface area contributed by atoms with Gasteiger partial charge in [-0.05, 0) is 31.5 Å². The maximum Gasteiger partial charge on any atom is 0.254 e. The van der Waals surface area contributed by atoms with E-state index < -0.39 is 5.60 Å². The number of hydrogen-bond donors (Lipinski definition) is 2. The first kappa shape index (κ1) is 11.0. The Hall–Kier alpha value is -1.55. The lowest BCUT2D eigenvalue weighted by Crippen LogP contribution is -2.61. The third-order valence-electron chi connectivity index (χ3n) is 2.88. The van der Waals surface area contributed by atoms with Gasteiger partial charge in [0.2, 0.25) is 0 Å². The second-order valence-electron chi connectivity index (χ2n) is 4.73. The summed E-state index contributed by atoms with van der Waals surface area (Å²) in [4.78, 5) is 13.6. The predicted molar refractivity (Wildman–Crippen MR) is 62.1 cm³/mol. The first-order valence-electron chi connectivity index (χ1n) is 5.27. The molecule has 0 spiro atoms. The monoisotopic (exact) mass is 220 g/mol. The molecule has 0 saturated carbocycles. The van der Waals surface area contributed by atoms with E-state index in [0.717, 1.165) is 5.56 Å². The Morgan fingerprint density at radius 3 is 2.62 bits per heavy atom. The zero-order chi connectivity index (χ0) is 11.9. The molecule has 4 heteroatoms. The van der Waals surface area contributed by atoms with Crippen LogP contribution in [0.3, 0.4) is 0 Å². The van der Waals surface area contributed by atoms with Crippen LogP contribution in [0.5, 0.6) is 0 Å². The highest BCUT2D eigenvalue weighted by atomic mass is 16.3. The topological polar surface area (TPSA) is 66.6 Å². The molecular formula is C12H16N2O2. The average Bonchev–Trinajstić information content (AvgIpc) is 2.17. The van der Waals surface area contributed by atoms with Gasteiger partial charge in [0, 0.05) is 11.3 Å². The number of anilines is 1. The van der Waals surface area contributed by atoms with E-state index in [4.69, 9.17) is 5.73 Å². The van der Waals surface area contributed by atoms with Gasteiger partial charge in [-0.15, -0.1) is 0 Å². The molecule has 0 radical (unpaired) electrons. The van der Waals surface area contributed by atoms with E-state index in [1.54, 1.807) is 24.0 Å². The van der Waals surface area contributed by atoms with Gasteiger partial charge in [-0.2, -0.15) is 0 Å². The number of hydrogen-bond acceptors (Lipinski definition) is 3. The van der Waals surface area contributed by atoms with Gasteiger partial charge in [0.1, 0.15) is 0 Å². The summed E-state index contributed by atoms with van der Waals surface area (Å²) in [5, 5.41) is 9.56. The van der Waals surface area contributed by atoms with Crippen LogP contribution >= 0.6 is 0 Å². The molecule has 1 aromatic carbocycles. The number of aliphatic hydroxyl groups is 1. The standard InChI is InChI=1S/C12H16N2O2/c1-8-3-4-9(5-10(8)13)11(15)14-6-12(2,16)7-14/h3-5,16H,6-7,13H2,1-2H3. The van der Waals surface area contributed by atoms with Gasteiger partial charge in [0.25, 0.3) is 5.91 Å². The number of nitrogen functional groups attached to an aromatic ring is 1. The number of rotatable bonds is 1. The van der Waals surface area contributed by atoms with Gasteiger partial charge >= 0.3 is 0 Å². The van der Waals surface area contributed by atoms with Crippen LogP contribution in [0.15, 0.2) is 18.2 Å². The molecule has 0 atom stereocenters. The highest BCUT2D eigenvalue weighted by molar-refractivity contribution is 5.95. The van der Waals surface area contributed by atoms with Crippen LogP contribution in [0, 0.1) is 6.92 Å². The highest BCUT2D eigenvalue weighted by Gasteiger charge is 2.39. The molecule has 0 unspecified atom stereocenters. The van der Waals surface area contributed by atoms with Crippen LogP contribution in [-0.2, 0) is 0 Å². The number of carbonyl (C=O) groups excluding carboxylic acids is 1. The Balaban J connectivity index is 2.13. The number of nitrogens with two attached hydrogens (primary N) is 1. The number of nitrogens with zero attached hydrogens (tertiary/aromatic N) is 1. The number of aryl methyl sites for hydroxylation is 1. The fourth-order valence-corrected chi connectivity index (χ4v) is 1.88. The van der Waals surface area contributed by atoms with Crippen LogP contribution in [0.4, 0.5) is 5.69 Å². The molecule has 3 N–H and O–H groups in total. The van der Waals surface area contributed by atoms with Crippen molar-refractivity contribution in [3.63, 3.8) is 0 Å². The molecule has 2 rings (SSSR count). The Morgan fingerprint density at radius 1 is 1.50 bits per heavy atom. The second kappa shape index (κ2) is 3.49. The molecule has 4 nitrogen and oxygen atoms in total. The van der Waals surface area contributed by atoms with E-state index in [1.165, 1.54) is 0 Å². The van der Waals surface area contributed by atoms with Crippen LogP contribution in [0.2, 0.25) is 0 Å². The molecule has 1 amide bonds. The van der Waals surface area contributed by atoms with Crippen LogP contribution < -0.4 is 5.73 Å². The molecule has 1 fully saturated rings. The number of amides is 1. The number of likely N-dealkylation sites (tertiary alicyclic amines) is 1. The lowest BCUT2D eigenvalue weighted by molar-refractivity contribution is -0.0668. The molecule has 0 bridgehead atoms. The third-order valence-corrected chi connectivity index (χ3v) is 2.88. The lowest BCUT2D eigenvalue weighted by atomic mass is 9.95. The van der Waals surface area contributed by atoms with Gasteiger partial charge in [-0.1, -0.05) is 6.07 Å². The van der Waals surface area contributed by atoms with Gasteiger partial charge in [0.15, 0.2) is 0 Å². The summed E-state index contributed by atoms with van der Waals surface area (Å²) < 4.78 is 0. The van der Waals surface area contributed by atoms with Crippen molar-refractivity contribution in [3.8, 4) is 0 Å². The zero-order valence-corrected chi connectivity index (χ0v) is 9.53. The summed E-state index contributed by atoms with van der Waals surface area (Å²) in [7, 11) is 0. The molecule has 1 saturated heterocycles. The molecule has 0 aromatic heterocycles. The van der Waals surface area contributed by atoms with E-state index in [1.807, 2.05) is 13.0 Å². The Bertz CT molecular complexity index is 433. The van der Waals surface area contributed by atoms with Crippen molar-refractivity contribution in [2.24, 2.45) is 0 Å². The molecule has 16 heavy (non-hydrogen) atoms. The van der Waals surface area contributed by atoms with Crippen LogP contribution in [-0.4, -0.2) is 34.6 Å². The van der Waals surface area contributed by atoms with E-state index in [-0.39, 0.29) is 5.91 Å². The Morgan fingerprint density at radius 2 is 2.12 bits per heavy atom. The van der Waals surface area contributed by atoms with Crippen LogP contribution in [0.25, 0.3) is 0 Å². The van der Waals surface area contributed by atoms with Crippen molar-refractivity contribution >= 4 is 11.6 Å². The minimum Gasteiger partial charge on any atom is -0.398 e. The average molecular weight is 220 g/mol. The molecule has 86 valence electrons.